The Bertz CT molecular complexity index is 305. The van der Waals surface area contributed by atoms with E-state index >= 15 is 0 Å². The maximum atomic E-state index is 11.6. The summed E-state index contributed by atoms with van der Waals surface area (Å²) in [5, 5.41) is 9.55. The third-order valence-electron chi connectivity index (χ3n) is 5.18. The minimum atomic E-state index is -0.571. The van der Waals surface area contributed by atoms with Crippen molar-refractivity contribution in [2.24, 2.45) is 11.3 Å². The fourth-order valence-corrected chi connectivity index (χ4v) is 4.13. The van der Waals surface area contributed by atoms with Crippen molar-refractivity contribution in [1.29, 1.82) is 0 Å². The minimum absolute atomic E-state index is 0.449. The van der Waals surface area contributed by atoms with E-state index < -0.39 is 11.4 Å². The van der Waals surface area contributed by atoms with Crippen molar-refractivity contribution >= 4 is 5.97 Å². The molecule has 1 saturated heterocycles. The van der Waals surface area contributed by atoms with E-state index in [-0.39, 0.29) is 0 Å². The van der Waals surface area contributed by atoms with Crippen LogP contribution in [0.2, 0.25) is 0 Å². The van der Waals surface area contributed by atoms with Crippen molar-refractivity contribution in [1.82, 2.24) is 4.90 Å². The third kappa shape index (κ3) is 2.42. The average molecular weight is 253 g/mol. The molecule has 2 rings (SSSR count). The molecule has 1 saturated carbocycles. The van der Waals surface area contributed by atoms with E-state index in [1.54, 1.807) is 0 Å². The van der Waals surface area contributed by atoms with E-state index in [2.05, 4.69) is 18.7 Å². The number of nitrogens with zero attached hydrogens (tertiary/aromatic N) is 1. The maximum absolute atomic E-state index is 11.6. The minimum Gasteiger partial charge on any atom is -0.481 e. The van der Waals surface area contributed by atoms with Gasteiger partial charge in [-0.3, -0.25) is 9.69 Å². The van der Waals surface area contributed by atoms with Gasteiger partial charge in [0.25, 0.3) is 0 Å². The smallest absolute Gasteiger partial charge is 0.310 e. The fraction of sp³-hybridized carbons (Fsp3) is 0.933. The van der Waals surface area contributed by atoms with Crippen LogP contribution < -0.4 is 0 Å². The van der Waals surface area contributed by atoms with Crippen LogP contribution in [0.25, 0.3) is 0 Å². The molecule has 3 heteroatoms. The predicted molar refractivity (Wildman–Crippen MR) is 72.6 cm³/mol. The molecule has 2 aliphatic rings. The number of likely N-dealkylation sites (tertiary alicyclic amines) is 1. The SMILES string of the molecule is CCCC1(C(=O)O)CCN(C2CCCC2CC)C1. The molecule has 0 amide bonds. The largest absolute Gasteiger partial charge is 0.481 e. The summed E-state index contributed by atoms with van der Waals surface area (Å²) in [4.78, 5) is 14.1. The van der Waals surface area contributed by atoms with Crippen LogP contribution >= 0.6 is 0 Å². The summed E-state index contributed by atoms with van der Waals surface area (Å²) in [5.41, 5.74) is -0.449. The molecule has 0 aromatic rings. The lowest BCUT2D eigenvalue weighted by Gasteiger charge is -2.31. The van der Waals surface area contributed by atoms with E-state index in [1.807, 2.05) is 0 Å². The summed E-state index contributed by atoms with van der Waals surface area (Å²) >= 11 is 0. The summed E-state index contributed by atoms with van der Waals surface area (Å²) in [5.74, 6) is 0.231. The highest BCUT2D eigenvalue weighted by atomic mass is 16.4. The molecule has 3 atom stereocenters. The maximum Gasteiger partial charge on any atom is 0.310 e. The Morgan fingerprint density at radius 3 is 2.78 bits per heavy atom. The van der Waals surface area contributed by atoms with Crippen molar-refractivity contribution in [3.05, 3.63) is 0 Å². The van der Waals surface area contributed by atoms with Gasteiger partial charge in [-0.05, 0) is 38.1 Å². The number of rotatable bonds is 5. The van der Waals surface area contributed by atoms with E-state index in [9.17, 15) is 9.90 Å². The summed E-state index contributed by atoms with van der Waals surface area (Å²) in [7, 11) is 0. The van der Waals surface area contributed by atoms with Crippen molar-refractivity contribution in [3.8, 4) is 0 Å². The Morgan fingerprint density at radius 1 is 1.39 bits per heavy atom. The second-order valence-corrected chi connectivity index (χ2v) is 6.22. The molecule has 104 valence electrons. The van der Waals surface area contributed by atoms with Gasteiger partial charge in [-0.2, -0.15) is 0 Å². The normalized spacial score (nSPS) is 37.2. The summed E-state index contributed by atoms with van der Waals surface area (Å²) in [6, 6.07) is 0.660. The fourth-order valence-electron chi connectivity index (χ4n) is 4.13. The van der Waals surface area contributed by atoms with Gasteiger partial charge >= 0.3 is 5.97 Å². The first-order chi connectivity index (χ1) is 8.63. The van der Waals surface area contributed by atoms with E-state index in [0.29, 0.717) is 6.04 Å². The second-order valence-electron chi connectivity index (χ2n) is 6.22. The van der Waals surface area contributed by atoms with Gasteiger partial charge in [-0.15, -0.1) is 0 Å². The topological polar surface area (TPSA) is 40.5 Å². The van der Waals surface area contributed by atoms with Gasteiger partial charge in [0.05, 0.1) is 5.41 Å². The van der Waals surface area contributed by atoms with Crippen molar-refractivity contribution in [3.63, 3.8) is 0 Å². The second kappa shape index (κ2) is 5.60. The van der Waals surface area contributed by atoms with Gasteiger partial charge in [0.1, 0.15) is 0 Å². The lowest BCUT2D eigenvalue weighted by molar-refractivity contribution is -0.148. The zero-order valence-corrected chi connectivity index (χ0v) is 11.8. The number of carboxylic acid groups (broad SMARTS) is 1. The molecule has 0 bridgehead atoms. The molecule has 0 spiro atoms. The van der Waals surface area contributed by atoms with Crippen molar-refractivity contribution in [2.45, 2.75) is 64.8 Å². The molecular weight excluding hydrogens is 226 g/mol. The van der Waals surface area contributed by atoms with Crippen LogP contribution in [0.15, 0.2) is 0 Å². The standard InChI is InChI=1S/C15H27NO2/c1-3-8-15(14(17)18)9-10-16(11-15)13-7-5-6-12(13)4-2/h12-13H,3-11H2,1-2H3,(H,17,18). The van der Waals surface area contributed by atoms with Crippen LogP contribution in [0, 0.1) is 11.3 Å². The summed E-state index contributed by atoms with van der Waals surface area (Å²) < 4.78 is 0. The van der Waals surface area contributed by atoms with Crippen LogP contribution in [-0.4, -0.2) is 35.1 Å². The molecule has 0 radical (unpaired) electrons. The molecule has 0 aromatic carbocycles. The van der Waals surface area contributed by atoms with Crippen molar-refractivity contribution in [2.75, 3.05) is 13.1 Å². The van der Waals surface area contributed by atoms with Crippen LogP contribution in [0.5, 0.6) is 0 Å². The molecule has 3 nitrogen and oxygen atoms in total. The van der Waals surface area contributed by atoms with Crippen LogP contribution in [0.4, 0.5) is 0 Å². The molecule has 2 fully saturated rings. The van der Waals surface area contributed by atoms with E-state index in [4.69, 9.17) is 0 Å². The Kier molecular flexibility index (Phi) is 4.31. The average Bonchev–Trinajstić information content (AvgIpc) is 2.95. The number of aliphatic carboxylic acids is 1. The Morgan fingerprint density at radius 2 is 2.17 bits per heavy atom. The lowest BCUT2D eigenvalue weighted by Crippen LogP contribution is -2.40. The van der Waals surface area contributed by atoms with Gasteiger partial charge < -0.3 is 5.11 Å². The Labute approximate surface area is 111 Å². The molecule has 1 heterocycles. The van der Waals surface area contributed by atoms with E-state index in [1.165, 1.54) is 25.7 Å². The first-order valence-corrected chi connectivity index (χ1v) is 7.60. The highest BCUT2D eigenvalue weighted by Gasteiger charge is 2.47. The third-order valence-corrected chi connectivity index (χ3v) is 5.18. The molecule has 1 N–H and O–H groups in total. The Balaban J connectivity index is 2.04. The van der Waals surface area contributed by atoms with Gasteiger partial charge in [0.2, 0.25) is 0 Å². The number of carbonyl (C=O) groups is 1. The van der Waals surface area contributed by atoms with Crippen LogP contribution in [-0.2, 0) is 4.79 Å². The summed E-state index contributed by atoms with van der Waals surface area (Å²) in [6.45, 7) is 6.15. The lowest BCUT2D eigenvalue weighted by atomic mass is 9.82. The van der Waals surface area contributed by atoms with E-state index in [0.717, 1.165) is 38.3 Å². The number of hydrogen-bond acceptors (Lipinski definition) is 2. The molecule has 3 unspecified atom stereocenters. The van der Waals surface area contributed by atoms with Crippen LogP contribution in [0.1, 0.15) is 58.8 Å². The Hall–Kier alpha value is -0.570. The quantitative estimate of drug-likeness (QED) is 0.818. The van der Waals surface area contributed by atoms with Gasteiger partial charge in [0.15, 0.2) is 0 Å². The number of hydrogen-bond donors (Lipinski definition) is 1. The highest BCUT2D eigenvalue weighted by Crippen LogP contribution is 2.41. The first-order valence-electron chi connectivity index (χ1n) is 7.60. The van der Waals surface area contributed by atoms with Crippen LogP contribution in [0.3, 0.4) is 0 Å². The number of carboxylic acids is 1. The molecule has 1 aliphatic heterocycles. The summed E-state index contributed by atoms with van der Waals surface area (Å²) in [6.07, 6.45) is 7.85. The molecular formula is C15H27NO2. The van der Waals surface area contributed by atoms with Crippen molar-refractivity contribution < 1.29 is 9.90 Å². The first kappa shape index (κ1) is 13.9. The molecule has 18 heavy (non-hydrogen) atoms. The van der Waals surface area contributed by atoms with Gasteiger partial charge in [0, 0.05) is 12.6 Å². The molecule has 0 aromatic heterocycles. The molecule has 1 aliphatic carbocycles. The highest BCUT2D eigenvalue weighted by molar-refractivity contribution is 5.75. The predicted octanol–water partition coefficient (Wildman–Crippen LogP) is 3.14. The van der Waals surface area contributed by atoms with Gasteiger partial charge in [-0.25, -0.2) is 0 Å². The monoisotopic (exact) mass is 253 g/mol. The zero-order chi connectivity index (χ0) is 13.2. The zero-order valence-electron chi connectivity index (χ0n) is 11.8. The van der Waals surface area contributed by atoms with Gasteiger partial charge in [-0.1, -0.05) is 33.1 Å².